The number of benzene rings is 14. The van der Waals surface area contributed by atoms with Crippen LogP contribution < -0.4 is 4.90 Å². The zero-order valence-corrected chi connectivity index (χ0v) is 51.9. The largest absolute Gasteiger partial charge is 0.416 e. The third-order valence-corrected chi connectivity index (χ3v) is 20.7. The van der Waals surface area contributed by atoms with Crippen LogP contribution >= 0.6 is 0 Å². The summed E-state index contributed by atoms with van der Waals surface area (Å²) in [6.07, 6.45) is 0. The van der Waals surface area contributed by atoms with Crippen molar-refractivity contribution >= 4 is 28.1 Å². The number of nitrogens with zero attached hydrogens (tertiary/aromatic N) is 5. The summed E-state index contributed by atoms with van der Waals surface area (Å²) in [6, 6.07) is 121. The van der Waals surface area contributed by atoms with Crippen molar-refractivity contribution in [3.63, 3.8) is 0 Å². The standard InChI is InChI=1S/C90H55N5O/c1-4-22-56(23-5-1)83-84(57-40-46-63(47-41-57)95(62-26-8-3-9-27-62)64-48-42-59(43-49-64)88-94-93-87(96-88)58-24-6-2-7-25-58)92-86-66(61-45-51-74-72-33-15-21-39-80(72)90(82(74)55-61)77-36-18-12-30-69(77)70-31-13-19-37-78(70)90)53-52-65(85(86)91-83)60-44-50-73-71-32-14-20-38-79(71)89(81(73)54-60)75-34-16-10-28-67(75)68-29-11-17-35-76(68)89/h1-55H. The van der Waals surface area contributed by atoms with Crippen LogP contribution in [0.15, 0.2) is 338 Å². The van der Waals surface area contributed by atoms with Gasteiger partial charge in [-0.3, -0.25) is 0 Å². The van der Waals surface area contributed by atoms with Crippen LogP contribution in [0.3, 0.4) is 0 Å². The van der Waals surface area contributed by atoms with Gasteiger partial charge in [-0.25, -0.2) is 9.97 Å². The van der Waals surface area contributed by atoms with Crippen molar-refractivity contribution in [3.8, 4) is 112 Å². The topological polar surface area (TPSA) is 67.9 Å². The Morgan fingerprint density at radius 1 is 0.219 bits per heavy atom. The molecule has 0 saturated heterocycles. The van der Waals surface area contributed by atoms with Crippen molar-refractivity contribution in [3.05, 3.63) is 378 Å². The predicted molar refractivity (Wildman–Crippen MR) is 387 cm³/mol. The SMILES string of the molecule is c1ccc(-c2nnc(-c3ccc(N(c4ccccc4)c4ccc(-c5nc6c(-c7ccc8c(c7)C7(c9ccccc9-c9ccccc97)c7ccccc7-8)ccc(-c7ccc8c(c7)C7(c9ccccc9-c9ccccc97)c7ccccc7-8)c6nc5-c5ccccc5)cc4)cc3)o2)cc1. The Morgan fingerprint density at radius 2 is 0.490 bits per heavy atom. The van der Waals surface area contributed by atoms with Crippen LogP contribution in [0, 0.1) is 0 Å². The maximum atomic E-state index is 6.20. The summed E-state index contributed by atoms with van der Waals surface area (Å²) in [4.78, 5) is 14.4. The lowest BCUT2D eigenvalue weighted by Crippen LogP contribution is -2.25. The molecule has 96 heavy (non-hydrogen) atoms. The van der Waals surface area contributed by atoms with Gasteiger partial charge < -0.3 is 9.32 Å². The highest BCUT2D eigenvalue weighted by Gasteiger charge is 2.53. The third-order valence-electron chi connectivity index (χ3n) is 20.7. The van der Waals surface area contributed by atoms with E-state index in [1.807, 2.05) is 42.5 Å². The van der Waals surface area contributed by atoms with Gasteiger partial charge in [0.15, 0.2) is 0 Å². The van der Waals surface area contributed by atoms with E-state index >= 15 is 0 Å². The first-order valence-corrected chi connectivity index (χ1v) is 32.8. The number of fused-ring (bicyclic) bond motifs is 21. The van der Waals surface area contributed by atoms with Crippen molar-refractivity contribution in [2.75, 3.05) is 4.90 Å². The summed E-state index contributed by atoms with van der Waals surface area (Å²) in [5.41, 5.74) is 33.4. The first-order valence-electron chi connectivity index (χ1n) is 32.8. The highest BCUT2D eigenvalue weighted by molar-refractivity contribution is 6.06. The van der Waals surface area contributed by atoms with E-state index in [2.05, 4.69) is 306 Å². The van der Waals surface area contributed by atoms with E-state index in [1.165, 1.54) is 89.0 Å². The van der Waals surface area contributed by atoms with Crippen LogP contribution in [-0.4, -0.2) is 20.2 Å². The van der Waals surface area contributed by atoms with Crippen LogP contribution in [0.4, 0.5) is 17.1 Å². The molecule has 14 aromatic carbocycles. The molecule has 0 radical (unpaired) electrons. The predicted octanol–water partition coefficient (Wildman–Crippen LogP) is 22.2. The Balaban J connectivity index is 0.792. The minimum absolute atomic E-state index is 0.459. The molecule has 0 N–H and O–H groups in total. The zero-order valence-electron chi connectivity index (χ0n) is 51.9. The third kappa shape index (κ3) is 7.69. The highest BCUT2D eigenvalue weighted by Crippen LogP contribution is 2.65. The second kappa shape index (κ2) is 20.9. The monoisotopic (exact) mass is 1220 g/mol. The normalized spacial score (nSPS) is 13.4. The van der Waals surface area contributed by atoms with E-state index in [9.17, 15) is 0 Å². The Kier molecular flexibility index (Phi) is 11.8. The van der Waals surface area contributed by atoms with E-state index in [1.54, 1.807) is 0 Å². The van der Waals surface area contributed by atoms with Crippen molar-refractivity contribution < 1.29 is 4.42 Å². The van der Waals surface area contributed by atoms with Crippen LogP contribution in [0.5, 0.6) is 0 Å². The number of rotatable bonds is 9. The average molecular weight is 1220 g/mol. The van der Waals surface area contributed by atoms with Crippen molar-refractivity contribution in [2.45, 2.75) is 10.8 Å². The van der Waals surface area contributed by atoms with Crippen LogP contribution in [0.1, 0.15) is 44.5 Å². The molecule has 0 unspecified atom stereocenters. The second-order valence-corrected chi connectivity index (χ2v) is 25.5. The van der Waals surface area contributed by atoms with Gasteiger partial charge in [0, 0.05) is 50.4 Å². The Bertz CT molecular complexity index is 5710. The van der Waals surface area contributed by atoms with E-state index in [0.717, 1.165) is 84.0 Å². The molecule has 0 atom stereocenters. The van der Waals surface area contributed by atoms with Crippen molar-refractivity contribution in [1.82, 2.24) is 20.2 Å². The fraction of sp³-hybridized carbons (Fsp3) is 0.0222. The lowest BCUT2D eigenvalue weighted by atomic mass is 9.70. The molecular formula is C90H55N5O. The van der Waals surface area contributed by atoms with Crippen LogP contribution in [0.25, 0.3) is 123 Å². The highest BCUT2D eigenvalue weighted by atomic mass is 16.4. The molecule has 6 heteroatoms. The van der Waals surface area contributed by atoms with Gasteiger partial charge in [0.05, 0.1) is 33.3 Å². The first kappa shape index (κ1) is 54.0. The summed E-state index contributed by atoms with van der Waals surface area (Å²) in [5, 5.41) is 8.82. The summed E-state index contributed by atoms with van der Waals surface area (Å²) in [7, 11) is 0. The summed E-state index contributed by atoms with van der Waals surface area (Å²) in [5.74, 6) is 0.941. The van der Waals surface area contributed by atoms with Gasteiger partial charge in [0.1, 0.15) is 0 Å². The molecule has 446 valence electrons. The Hall–Kier alpha value is -12.6. The molecule has 4 aliphatic rings. The van der Waals surface area contributed by atoms with E-state index < -0.39 is 10.8 Å². The van der Waals surface area contributed by atoms with Gasteiger partial charge in [-0.05, 0) is 173 Å². The lowest BCUT2D eigenvalue weighted by molar-refractivity contribution is 0.584. The molecule has 16 aromatic rings. The molecule has 0 fully saturated rings. The van der Waals surface area contributed by atoms with Gasteiger partial charge >= 0.3 is 0 Å². The fourth-order valence-electron chi connectivity index (χ4n) is 16.7. The van der Waals surface area contributed by atoms with Crippen LogP contribution in [-0.2, 0) is 10.8 Å². The molecule has 0 amide bonds. The lowest BCUT2D eigenvalue weighted by Gasteiger charge is -2.31. The molecule has 2 spiro atoms. The van der Waals surface area contributed by atoms with Crippen molar-refractivity contribution in [2.24, 2.45) is 0 Å². The molecule has 0 bridgehead atoms. The van der Waals surface area contributed by atoms with Gasteiger partial charge in [-0.15, -0.1) is 10.2 Å². The number of aromatic nitrogens is 4. The molecular weight excluding hydrogens is 1170 g/mol. The van der Waals surface area contributed by atoms with Gasteiger partial charge in [-0.1, -0.05) is 261 Å². The Morgan fingerprint density at radius 3 is 0.875 bits per heavy atom. The summed E-state index contributed by atoms with van der Waals surface area (Å²) < 4.78 is 6.20. The van der Waals surface area contributed by atoms with E-state index in [4.69, 9.17) is 14.4 Å². The van der Waals surface area contributed by atoms with Crippen molar-refractivity contribution in [1.29, 1.82) is 0 Å². The Labute approximate surface area is 555 Å². The molecule has 6 nitrogen and oxygen atoms in total. The van der Waals surface area contributed by atoms with Gasteiger partial charge in [0.25, 0.3) is 0 Å². The van der Waals surface area contributed by atoms with Gasteiger partial charge in [0.2, 0.25) is 11.8 Å². The first-order chi connectivity index (χ1) is 47.6. The summed E-state index contributed by atoms with van der Waals surface area (Å²) in [6.45, 7) is 0. The smallest absolute Gasteiger partial charge is 0.248 e. The second-order valence-electron chi connectivity index (χ2n) is 25.5. The molecule has 20 rings (SSSR count). The number of para-hydroxylation sites is 1. The fourth-order valence-corrected chi connectivity index (χ4v) is 16.7. The molecule has 0 aliphatic heterocycles. The minimum Gasteiger partial charge on any atom is -0.416 e. The quantitative estimate of drug-likeness (QED) is 0.143. The number of anilines is 3. The average Bonchev–Trinajstić information content (AvgIpc) is 1.51. The van der Waals surface area contributed by atoms with Crippen LogP contribution in [0.2, 0.25) is 0 Å². The number of hydrogen-bond acceptors (Lipinski definition) is 6. The minimum atomic E-state index is -0.532. The number of hydrogen-bond donors (Lipinski definition) is 0. The molecule has 4 aliphatic carbocycles. The maximum absolute atomic E-state index is 6.20. The van der Waals surface area contributed by atoms with E-state index in [-0.39, 0.29) is 0 Å². The van der Waals surface area contributed by atoms with Gasteiger partial charge in [-0.2, -0.15) is 0 Å². The molecule has 0 saturated carbocycles. The van der Waals surface area contributed by atoms with E-state index in [0.29, 0.717) is 11.8 Å². The summed E-state index contributed by atoms with van der Waals surface area (Å²) >= 11 is 0. The molecule has 2 aromatic heterocycles. The molecule has 2 heterocycles. The maximum Gasteiger partial charge on any atom is 0.248 e. The zero-order chi connectivity index (χ0) is 63.1.